The van der Waals surface area contributed by atoms with E-state index in [9.17, 15) is 18.0 Å². The number of piperidine rings is 1. The molecule has 230 valence electrons. The van der Waals surface area contributed by atoms with Gasteiger partial charge in [-0.2, -0.15) is 0 Å². The molecule has 0 aromatic rings. The molecule has 0 saturated carbocycles. The standard InChI is InChI=1S/C27H43ClN6O5S2/c1-16(2)39-23-15-20(28)19(14-22(23)34-10-4-9-29-34)25(35)31-26(36)32-27-30-21-6-5-18(13-24(21)40-27)41(37,38)17-7-11-33(3)12-8-17/h15-20,22,27,29-30H,4-14H2,1-3H3,(H2,31,32,35,36)/t18-,19?,20-,22-,27-/m1/s1. The highest BCUT2D eigenvalue weighted by Gasteiger charge is 2.42. The summed E-state index contributed by atoms with van der Waals surface area (Å²) in [7, 11) is -1.20. The fourth-order valence-corrected chi connectivity index (χ4v) is 10.3. The molecule has 3 heterocycles. The number of hydrazine groups is 1. The zero-order chi connectivity index (χ0) is 29.3. The number of sulfone groups is 1. The van der Waals surface area contributed by atoms with Gasteiger partial charge in [-0.05, 0) is 85.0 Å². The lowest BCUT2D eigenvalue weighted by Crippen LogP contribution is -2.52. The number of urea groups is 1. The average molecular weight is 631 g/mol. The lowest BCUT2D eigenvalue weighted by molar-refractivity contribution is -0.124. The third-order valence-electron chi connectivity index (χ3n) is 8.61. The summed E-state index contributed by atoms with van der Waals surface area (Å²) < 4.78 is 32.7. The van der Waals surface area contributed by atoms with E-state index in [-0.39, 0.29) is 22.6 Å². The molecule has 11 nitrogen and oxygen atoms in total. The van der Waals surface area contributed by atoms with Crippen molar-refractivity contribution in [2.24, 2.45) is 5.92 Å². The summed E-state index contributed by atoms with van der Waals surface area (Å²) in [6.07, 6.45) is 6.26. The fraction of sp³-hybridized carbons (Fsp3) is 0.778. The van der Waals surface area contributed by atoms with Gasteiger partial charge in [0, 0.05) is 23.7 Å². The predicted octanol–water partition coefficient (Wildman–Crippen LogP) is 2.22. The van der Waals surface area contributed by atoms with Gasteiger partial charge in [0.05, 0.1) is 33.9 Å². The summed E-state index contributed by atoms with van der Waals surface area (Å²) in [6, 6.07) is -0.751. The van der Waals surface area contributed by atoms with E-state index in [1.165, 1.54) is 11.8 Å². The number of carbonyl (C=O) groups is 2. The minimum absolute atomic E-state index is 0.0214. The average Bonchev–Trinajstić information content (AvgIpc) is 3.58. The zero-order valence-corrected chi connectivity index (χ0v) is 26.4. The second-order valence-electron chi connectivity index (χ2n) is 12.0. The third kappa shape index (κ3) is 7.18. The number of likely N-dealkylation sites (tertiary alicyclic amines) is 1. The smallest absolute Gasteiger partial charge is 0.323 e. The summed E-state index contributed by atoms with van der Waals surface area (Å²) in [6.45, 7) is 7.24. The molecular formula is C27H43ClN6O5S2. The van der Waals surface area contributed by atoms with Crippen molar-refractivity contribution in [2.75, 3.05) is 33.2 Å². The first-order valence-electron chi connectivity index (χ1n) is 14.7. The third-order valence-corrected chi connectivity index (χ3v) is 12.9. The van der Waals surface area contributed by atoms with Crippen LogP contribution in [0, 0.1) is 5.92 Å². The Bertz CT molecular complexity index is 1170. The predicted molar refractivity (Wildman–Crippen MR) is 160 cm³/mol. The van der Waals surface area contributed by atoms with Gasteiger partial charge in [0.25, 0.3) is 0 Å². The first kappa shape index (κ1) is 30.9. The highest BCUT2D eigenvalue weighted by atomic mass is 35.5. The molecule has 2 fully saturated rings. The molecule has 4 N–H and O–H groups in total. The highest BCUT2D eigenvalue weighted by molar-refractivity contribution is 8.04. The van der Waals surface area contributed by atoms with Crippen molar-refractivity contribution < 1.29 is 22.7 Å². The van der Waals surface area contributed by atoms with Crippen LogP contribution >= 0.6 is 23.4 Å². The van der Waals surface area contributed by atoms with Gasteiger partial charge in [-0.3, -0.25) is 15.5 Å². The Kier molecular flexibility index (Phi) is 9.81. The van der Waals surface area contributed by atoms with Crippen molar-refractivity contribution in [1.82, 2.24) is 31.3 Å². The van der Waals surface area contributed by atoms with Crippen LogP contribution < -0.4 is 21.4 Å². The fourth-order valence-electron chi connectivity index (χ4n) is 6.38. The van der Waals surface area contributed by atoms with Crippen molar-refractivity contribution in [3.05, 3.63) is 22.4 Å². The molecule has 0 spiro atoms. The van der Waals surface area contributed by atoms with Crippen molar-refractivity contribution in [3.8, 4) is 0 Å². The van der Waals surface area contributed by atoms with Gasteiger partial charge in [-0.25, -0.2) is 18.2 Å². The number of nitrogens with zero attached hydrogens (tertiary/aromatic N) is 2. The number of alkyl halides is 1. The molecule has 14 heteroatoms. The number of hydrogen-bond donors (Lipinski definition) is 4. The molecule has 1 unspecified atom stereocenters. The van der Waals surface area contributed by atoms with Crippen LogP contribution in [0.5, 0.6) is 0 Å². The van der Waals surface area contributed by atoms with Crippen LogP contribution in [0.3, 0.4) is 0 Å². The number of nitrogens with one attached hydrogen (secondary N) is 4. The normalized spacial score (nSPS) is 31.9. The van der Waals surface area contributed by atoms with E-state index in [0.717, 1.165) is 49.0 Å². The van der Waals surface area contributed by atoms with Crippen molar-refractivity contribution in [3.63, 3.8) is 0 Å². The maximum atomic E-state index is 13.4. The van der Waals surface area contributed by atoms with Crippen molar-refractivity contribution >= 4 is 45.1 Å². The van der Waals surface area contributed by atoms with E-state index in [1.807, 2.05) is 20.9 Å². The Morgan fingerprint density at radius 1 is 1.17 bits per heavy atom. The number of hydrogen-bond acceptors (Lipinski definition) is 10. The molecule has 2 aliphatic carbocycles. The highest BCUT2D eigenvalue weighted by Crippen LogP contribution is 2.42. The van der Waals surface area contributed by atoms with Crippen LogP contribution in [0.25, 0.3) is 0 Å². The number of imide groups is 1. The topological polar surface area (TPSA) is 132 Å². The minimum Gasteiger partial charge on any atom is -0.494 e. The first-order chi connectivity index (χ1) is 19.5. The maximum Gasteiger partial charge on any atom is 0.323 e. The lowest BCUT2D eigenvalue weighted by atomic mass is 9.88. The SMILES string of the molecule is CC(C)OC1=C[C@@H](Cl)C(C(=O)NC(=O)N[C@H]2NC3=C(C[C@H](S(=O)(=O)C4CCN(C)CC4)CC3)S2)C[C@H]1N1CCCN1. The number of ether oxygens (including phenoxy) is 1. The first-order valence-corrected chi connectivity index (χ1v) is 17.6. The maximum absolute atomic E-state index is 13.4. The second-order valence-corrected chi connectivity index (χ2v) is 16.2. The van der Waals surface area contributed by atoms with Crippen LogP contribution in [0.2, 0.25) is 0 Å². The van der Waals surface area contributed by atoms with Gasteiger partial charge >= 0.3 is 6.03 Å². The van der Waals surface area contributed by atoms with Gasteiger partial charge in [0.1, 0.15) is 5.76 Å². The van der Waals surface area contributed by atoms with Gasteiger partial charge < -0.3 is 20.3 Å². The molecule has 0 aromatic heterocycles. The Hall–Kier alpha value is -1.51. The Labute approximate surface area is 252 Å². The number of allylic oxidation sites excluding steroid dienone is 3. The number of rotatable bonds is 7. The largest absolute Gasteiger partial charge is 0.494 e. The molecule has 2 saturated heterocycles. The summed E-state index contributed by atoms with van der Waals surface area (Å²) in [4.78, 5) is 29.2. The monoisotopic (exact) mass is 630 g/mol. The molecule has 5 aliphatic rings. The molecule has 41 heavy (non-hydrogen) atoms. The summed E-state index contributed by atoms with van der Waals surface area (Å²) in [5, 5.41) is 9.43. The summed E-state index contributed by atoms with van der Waals surface area (Å²) in [5.74, 6) is -0.283. The Balaban J connectivity index is 1.14. The van der Waals surface area contributed by atoms with Crippen LogP contribution in [-0.4, -0.2) is 97.0 Å². The van der Waals surface area contributed by atoms with Crippen molar-refractivity contribution in [2.45, 2.75) is 92.3 Å². The molecule has 5 rings (SSSR count). The van der Waals surface area contributed by atoms with Crippen LogP contribution in [0.15, 0.2) is 22.4 Å². The quantitative estimate of drug-likeness (QED) is 0.311. The Morgan fingerprint density at radius 2 is 1.93 bits per heavy atom. The lowest BCUT2D eigenvalue weighted by Gasteiger charge is -2.37. The van der Waals surface area contributed by atoms with Crippen LogP contribution in [0.1, 0.15) is 58.8 Å². The van der Waals surface area contributed by atoms with Gasteiger partial charge in [-0.15, -0.1) is 11.6 Å². The molecular weight excluding hydrogens is 588 g/mol. The van der Waals surface area contributed by atoms with Gasteiger partial charge in [0.15, 0.2) is 15.3 Å². The number of carbonyl (C=O) groups excluding carboxylic acids is 2. The van der Waals surface area contributed by atoms with E-state index >= 15 is 0 Å². The number of thioether (sulfide) groups is 1. The number of halogens is 1. The zero-order valence-electron chi connectivity index (χ0n) is 24.0. The molecule has 3 aliphatic heterocycles. The summed E-state index contributed by atoms with van der Waals surface area (Å²) >= 11 is 8.04. The second kappa shape index (κ2) is 13.0. The summed E-state index contributed by atoms with van der Waals surface area (Å²) in [5.41, 5.74) is 3.87. The van der Waals surface area contributed by atoms with E-state index < -0.39 is 38.6 Å². The van der Waals surface area contributed by atoms with E-state index in [4.69, 9.17) is 16.3 Å². The molecule has 0 bridgehead atoms. The minimum atomic E-state index is -3.22. The number of amides is 3. The van der Waals surface area contributed by atoms with Crippen molar-refractivity contribution in [1.29, 1.82) is 0 Å². The molecule has 5 atom stereocenters. The van der Waals surface area contributed by atoms with Gasteiger partial charge in [-0.1, -0.05) is 11.8 Å². The Morgan fingerprint density at radius 3 is 2.61 bits per heavy atom. The van der Waals surface area contributed by atoms with Crippen LogP contribution in [-0.2, 0) is 19.4 Å². The molecule has 0 radical (unpaired) electrons. The molecule has 3 amide bonds. The van der Waals surface area contributed by atoms with Gasteiger partial charge in [0.2, 0.25) is 5.91 Å². The molecule has 0 aromatic carbocycles. The van der Waals surface area contributed by atoms with E-state index in [2.05, 4.69) is 31.3 Å². The van der Waals surface area contributed by atoms with E-state index in [1.54, 1.807) is 6.08 Å². The van der Waals surface area contributed by atoms with E-state index in [0.29, 0.717) is 38.5 Å². The van der Waals surface area contributed by atoms with Crippen LogP contribution in [0.4, 0.5) is 4.79 Å².